The number of fused-ring (bicyclic) bond motifs is 1. The molecule has 4 rings (SSSR count). The molecule has 0 radical (unpaired) electrons. The summed E-state index contributed by atoms with van der Waals surface area (Å²) in [5.41, 5.74) is 3.34. The SMILES string of the molecule is COc1ccc(-c2cc(NC(c3nccn3C)C(C)C)c3nncn3n2)cc1. The minimum Gasteiger partial charge on any atom is -0.497 e. The van der Waals surface area contributed by atoms with Crippen molar-refractivity contribution in [2.45, 2.75) is 19.9 Å². The molecule has 1 aromatic carbocycles. The molecule has 3 heterocycles. The van der Waals surface area contributed by atoms with Crippen LogP contribution in [0, 0.1) is 5.92 Å². The van der Waals surface area contributed by atoms with Crippen LogP contribution in [0.1, 0.15) is 25.7 Å². The van der Waals surface area contributed by atoms with Crippen LogP contribution >= 0.6 is 0 Å². The first-order chi connectivity index (χ1) is 13.6. The Morgan fingerprint density at radius 3 is 2.57 bits per heavy atom. The van der Waals surface area contributed by atoms with Crippen LogP contribution in [0.15, 0.2) is 49.1 Å². The van der Waals surface area contributed by atoms with Gasteiger partial charge in [0.15, 0.2) is 0 Å². The number of hydrogen-bond acceptors (Lipinski definition) is 6. The third-order valence-corrected chi connectivity index (χ3v) is 4.77. The Kier molecular flexibility index (Phi) is 4.68. The lowest BCUT2D eigenvalue weighted by Gasteiger charge is -2.23. The van der Waals surface area contributed by atoms with E-state index in [1.807, 2.05) is 54.3 Å². The summed E-state index contributed by atoms with van der Waals surface area (Å²) >= 11 is 0. The van der Waals surface area contributed by atoms with E-state index >= 15 is 0 Å². The summed E-state index contributed by atoms with van der Waals surface area (Å²) in [5, 5.41) is 16.5. The fourth-order valence-electron chi connectivity index (χ4n) is 3.21. The van der Waals surface area contributed by atoms with Crippen LogP contribution in [0.4, 0.5) is 5.69 Å². The van der Waals surface area contributed by atoms with Gasteiger partial charge in [-0.15, -0.1) is 10.2 Å². The lowest BCUT2D eigenvalue weighted by Crippen LogP contribution is -2.21. The van der Waals surface area contributed by atoms with E-state index in [9.17, 15) is 0 Å². The Bertz CT molecular complexity index is 1080. The highest BCUT2D eigenvalue weighted by molar-refractivity contribution is 5.73. The van der Waals surface area contributed by atoms with Crippen LogP contribution in [0.3, 0.4) is 0 Å². The number of benzene rings is 1. The van der Waals surface area contributed by atoms with Crippen molar-refractivity contribution in [2.24, 2.45) is 13.0 Å². The van der Waals surface area contributed by atoms with Gasteiger partial charge in [-0.25, -0.2) is 4.98 Å². The largest absolute Gasteiger partial charge is 0.497 e. The van der Waals surface area contributed by atoms with Gasteiger partial charge in [0.2, 0.25) is 5.65 Å². The predicted molar refractivity (Wildman–Crippen MR) is 107 cm³/mol. The van der Waals surface area contributed by atoms with Crippen LogP contribution in [0.2, 0.25) is 0 Å². The molecule has 0 saturated heterocycles. The Morgan fingerprint density at radius 2 is 1.93 bits per heavy atom. The topological polar surface area (TPSA) is 82.2 Å². The van der Waals surface area contributed by atoms with E-state index in [2.05, 4.69) is 39.4 Å². The number of aryl methyl sites for hydroxylation is 1. The lowest BCUT2D eigenvalue weighted by molar-refractivity contribution is 0.415. The molecule has 0 aliphatic heterocycles. The number of ether oxygens (including phenoxy) is 1. The quantitative estimate of drug-likeness (QED) is 0.555. The predicted octanol–water partition coefficient (Wildman–Crippen LogP) is 3.34. The molecule has 0 fully saturated rings. The van der Waals surface area contributed by atoms with Crippen molar-refractivity contribution in [1.82, 2.24) is 29.4 Å². The van der Waals surface area contributed by atoms with Crippen LogP contribution in [-0.2, 0) is 7.05 Å². The van der Waals surface area contributed by atoms with Crippen LogP contribution in [0.25, 0.3) is 16.9 Å². The standard InChI is InChI=1S/C20H23N7O/c1-13(2)18(20-21-9-10-26(20)3)23-17-11-16(25-27-12-22-24-19(17)27)14-5-7-15(28-4)8-6-14/h5-13,18,23H,1-4H3. The summed E-state index contributed by atoms with van der Waals surface area (Å²) in [6.07, 6.45) is 5.38. The first kappa shape index (κ1) is 18.0. The second-order valence-corrected chi connectivity index (χ2v) is 7.03. The zero-order chi connectivity index (χ0) is 19.7. The second-order valence-electron chi connectivity index (χ2n) is 7.03. The first-order valence-corrected chi connectivity index (χ1v) is 9.16. The molecule has 0 amide bonds. The van der Waals surface area contributed by atoms with Gasteiger partial charge in [-0.2, -0.15) is 9.61 Å². The van der Waals surface area contributed by atoms with E-state index in [0.29, 0.717) is 11.6 Å². The van der Waals surface area contributed by atoms with Gasteiger partial charge in [-0.05, 0) is 36.2 Å². The van der Waals surface area contributed by atoms with E-state index in [1.165, 1.54) is 0 Å². The molecule has 144 valence electrons. The van der Waals surface area contributed by atoms with Gasteiger partial charge in [0, 0.05) is 25.0 Å². The van der Waals surface area contributed by atoms with Gasteiger partial charge in [-0.3, -0.25) is 0 Å². The van der Waals surface area contributed by atoms with E-state index in [1.54, 1.807) is 18.0 Å². The Morgan fingerprint density at radius 1 is 1.14 bits per heavy atom. The van der Waals surface area contributed by atoms with Crippen molar-refractivity contribution in [1.29, 1.82) is 0 Å². The first-order valence-electron chi connectivity index (χ1n) is 9.16. The number of nitrogens with zero attached hydrogens (tertiary/aromatic N) is 6. The highest BCUT2D eigenvalue weighted by atomic mass is 16.5. The van der Waals surface area contributed by atoms with E-state index in [0.717, 1.165) is 28.5 Å². The molecule has 1 N–H and O–H groups in total. The molecule has 0 aliphatic rings. The number of rotatable bonds is 6. The number of anilines is 1. The molecule has 1 unspecified atom stereocenters. The van der Waals surface area contributed by atoms with Gasteiger partial charge in [0.05, 0.1) is 24.5 Å². The molecule has 0 aliphatic carbocycles. The summed E-state index contributed by atoms with van der Waals surface area (Å²) in [7, 11) is 3.66. The number of hydrogen-bond donors (Lipinski definition) is 1. The molecule has 8 heteroatoms. The maximum absolute atomic E-state index is 5.25. The normalized spacial score (nSPS) is 12.5. The summed E-state index contributed by atoms with van der Waals surface area (Å²) in [5.74, 6) is 2.10. The average Bonchev–Trinajstić information content (AvgIpc) is 3.34. The molecule has 4 aromatic rings. The number of nitrogens with one attached hydrogen (secondary N) is 1. The molecule has 28 heavy (non-hydrogen) atoms. The molecular weight excluding hydrogens is 354 g/mol. The highest BCUT2D eigenvalue weighted by Gasteiger charge is 2.22. The fourth-order valence-corrected chi connectivity index (χ4v) is 3.21. The van der Waals surface area contributed by atoms with Gasteiger partial charge in [-0.1, -0.05) is 13.8 Å². The number of methoxy groups -OCH3 is 1. The maximum Gasteiger partial charge on any atom is 0.200 e. The van der Waals surface area contributed by atoms with Crippen molar-refractivity contribution >= 4 is 11.3 Å². The van der Waals surface area contributed by atoms with Crippen molar-refractivity contribution in [2.75, 3.05) is 12.4 Å². The molecule has 8 nitrogen and oxygen atoms in total. The van der Waals surface area contributed by atoms with Crippen molar-refractivity contribution in [3.05, 3.63) is 54.9 Å². The molecule has 0 bridgehead atoms. The zero-order valence-corrected chi connectivity index (χ0v) is 16.4. The van der Waals surface area contributed by atoms with E-state index in [-0.39, 0.29) is 6.04 Å². The summed E-state index contributed by atoms with van der Waals surface area (Å²) in [4.78, 5) is 4.53. The molecular formula is C20H23N7O. The van der Waals surface area contributed by atoms with Gasteiger partial charge >= 0.3 is 0 Å². The second kappa shape index (κ2) is 7.30. The molecule has 1 atom stereocenters. The van der Waals surface area contributed by atoms with Gasteiger partial charge < -0.3 is 14.6 Å². The number of imidazole rings is 1. The molecule has 0 spiro atoms. The number of aromatic nitrogens is 6. The fraction of sp³-hybridized carbons (Fsp3) is 0.300. The third kappa shape index (κ3) is 3.28. The third-order valence-electron chi connectivity index (χ3n) is 4.77. The Hall–Kier alpha value is -3.42. The zero-order valence-electron chi connectivity index (χ0n) is 16.4. The minimum atomic E-state index is 0.0200. The van der Waals surface area contributed by atoms with E-state index in [4.69, 9.17) is 4.74 Å². The van der Waals surface area contributed by atoms with Crippen molar-refractivity contribution in [3.63, 3.8) is 0 Å². The summed E-state index contributed by atoms with van der Waals surface area (Å²) in [6.45, 7) is 4.33. The van der Waals surface area contributed by atoms with Crippen LogP contribution in [-0.4, -0.2) is 36.5 Å². The minimum absolute atomic E-state index is 0.0200. The monoisotopic (exact) mass is 377 g/mol. The summed E-state index contributed by atoms with van der Waals surface area (Å²) < 4.78 is 8.98. The van der Waals surface area contributed by atoms with Crippen LogP contribution in [0.5, 0.6) is 5.75 Å². The van der Waals surface area contributed by atoms with Crippen LogP contribution < -0.4 is 10.1 Å². The molecule has 3 aromatic heterocycles. The average molecular weight is 377 g/mol. The van der Waals surface area contributed by atoms with Gasteiger partial charge in [0.25, 0.3) is 0 Å². The smallest absolute Gasteiger partial charge is 0.200 e. The van der Waals surface area contributed by atoms with Crippen molar-refractivity contribution in [3.8, 4) is 17.0 Å². The summed E-state index contributed by atoms with van der Waals surface area (Å²) in [6, 6.07) is 9.84. The molecule has 0 saturated carbocycles. The Balaban J connectivity index is 1.77. The highest BCUT2D eigenvalue weighted by Crippen LogP contribution is 2.30. The lowest BCUT2D eigenvalue weighted by atomic mass is 10.0. The van der Waals surface area contributed by atoms with Gasteiger partial charge in [0.1, 0.15) is 17.9 Å². The van der Waals surface area contributed by atoms with E-state index < -0.39 is 0 Å². The maximum atomic E-state index is 5.25. The Labute approximate surface area is 163 Å². The van der Waals surface area contributed by atoms with Crippen molar-refractivity contribution < 1.29 is 4.74 Å².